The Morgan fingerprint density at radius 2 is 1.71 bits per heavy atom. The Morgan fingerprint density at radius 3 is 2.32 bits per heavy atom. The van der Waals surface area contributed by atoms with E-state index in [0.717, 1.165) is 0 Å². The molecule has 0 fully saturated rings. The fourth-order valence-electron chi connectivity index (χ4n) is 2.46. The minimum absolute atomic E-state index is 0.127. The molecule has 2 N–H and O–H groups in total. The molecule has 3 rings (SSSR count). The minimum Gasteiger partial charge on any atom is -0.497 e. The number of amides is 2. The van der Waals surface area contributed by atoms with Gasteiger partial charge in [0.15, 0.2) is 0 Å². The first kappa shape index (κ1) is 19.1. The van der Waals surface area contributed by atoms with E-state index in [1.54, 1.807) is 41.8 Å². The topological polar surface area (TPSA) is 111 Å². The van der Waals surface area contributed by atoms with Crippen LogP contribution in [0.4, 0.5) is 17.1 Å². The first-order valence-corrected chi connectivity index (χ1v) is 8.94. The molecule has 0 unspecified atom stereocenters. The van der Waals surface area contributed by atoms with Gasteiger partial charge in [-0.2, -0.15) is 0 Å². The van der Waals surface area contributed by atoms with Gasteiger partial charge in [0, 0.05) is 17.4 Å². The maximum absolute atomic E-state index is 12.6. The van der Waals surface area contributed by atoms with Gasteiger partial charge in [-0.05, 0) is 41.8 Å². The highest BCUT2D eigenvalue weighted by atomic mass is 32.1. The number of nitro benzene ring substituents is 1. The number of nitro groups is 1. The third-order valence-corrected chi connectivity index (χ3v) is 4.64. The van der Waals surface area contributed by atoms with Crippen LogP contribution in [-0.2, 0) is 0 Å². The number of thiophene rings is 1. The highest BCUT2D eigenvalue weighted by Crippen LogP contribution is 2.25. The van der Waals surface area contributed by atoms with E-state index in [9.17, 15) is 19.7 Å². The van der Waals surface area contributed by atoms with Crippen molar-refractivity contribution in [2.24, 2.45) is 0 Å². The van der Waals surface area contributed by atoms with Crippen LogP contribution in [0.3, 0.4) is 0 Å². The molecule has 0 aliphatic rings. The van der Waals surface area contributed by atoms with E-state index in [4.69, 9.17) is 4.74 Å². The number of ether oxygens (including phenoxy) is 1. The molecule has 0 atom stereocenters. The molecular formula is C19H15N3O5S. The number of nitrogens with zero attached hydrogens (tertiary/aromatic N) is 1. The number of rotatable bonds is 6. The maximum atomic E-state index is 12.6. The van der Waals surface area contributed by atoms with Crippen LogP contribution in [0.25, 0.3) is 0 Å². The molecule has 0 aliphatic heterocycles. The lowest BCUT2D eigenvalue weighted by molar-refractivity contribution is -0.385. The van der Waals surface area contributed by atoms with Crippen molar-refractivity contribution in [3.63, 3.8) is 0 Å². The summed E-state index contributed by atoms with van der Waals surface area (Å²) < 4.78 is 5.04. The molecule has 3 aromatic rings. The summed E-state index contributed by atoms with van der Waals surface area (Å²) >= 11 is 1.31. The van der Waals surface area contributed by atoms with Crippen molar-refractivity contribution < 1.29 is 19.2 Å². The number of nitrogens with one attached hydrogen (secondary N) is 2. The van der Waals surface area contributed by atoms with Crippen molar-refractivity contribution in [1.29, 1.82) is 0 Å². The van der Waals surface area contributed by atoms with Crippen LogP contribution in [-0.4, -0.2) is 23.8 Å². The predicted octanol–water partition coefficient (Wildman–Crippen LogP) is 4.17. The summed E-state index contributed by atoms with van der Waals surface area (Å²) in [7, 11) is 1.41. The number of benzene rings is 2. The van der Waals surface area contributed by atoms with Gasteiger partial charge in [0.05, 0.1) is 16.9 Å². The van der Waals surface area contributed by atoms with Gasteiger partial charge in [-0.1, -0.05) is 12.1 Å². The van der Waals surface area contributed by atoms with E-state index in [-0.39, 0.29) is 17.2 Å². The second-order valence-corrected chi connectivity index (χ2v) is 6.55. The average molecular weight is 397 g/mol. The van der Waals surface area contributed by atoms with Crippen LogP contribution in [0.1, 0.15) is 20.0 Å². The van der Waals surface area contributed by atoms with Crippen molar-refractivity contribution in [3.05, 3.63) is 80.5 Å². The van der Waals surface area contributed by atoms with E-state index >= 15 is 0 Å². The molecule has 8 nitrogen and oxygen atoms in total. The number of hydrogen-bond donors (Lipinski definition) is 2. The number of methoxy groups -OCH3 is 1. The molecule has 2 aromatic carbocycles. The molecule has 142 valence electrons. The Labute approximate surface area is 163 Å². The Bertz CT molecular complexity index is 1030. The lowest BCUT2D eigenvalue weighted by atomic mass is 10.1. The number of carbonyl (C=O) groups is 2. The van der Waals surface area contributed by atoms with Gasteiger partial charge in [0.25, 0.3) is 17.5 Å². The Hall–Kier alpha value is -3.72. The zero-order valence-corrected chi connectivity index (χ0v) is 15.5. The third kappa shape index (κ3) is 4.33. The lowest BCUT2D eigenvalue weighted by Crippen LogP contribution is -2.15. The molecule has 2 amide bonds. The molecule has 0 spiro atoms. The molecule has 1 aromatic heterocycles. The van der Waals surface area contributed by atoms with Crippen LogP contribution in [0.15, 0.2) is 60.0 Å². The summed E-state index contributed by atoms with van der Waals surface area (Å²) in [6.45, 7) is 0. The van der Waals surface area contributed by atoms with Crippen LogP contribution < -0.4 is 15.4 Å². The summed E-state index contributed by atoms with van der Waals surface area (Å²) in [4.78, 5) is 35.8. The van der Waals surface area contributed by atoms with Gasteiger partial charge in [-0.3, -0.25) is 19.7 Å². The van der Waals surface area contributed by atoms with Gasteiger partial charge >= 0.3 is 0 Å². The number of anilines is 2. The van der Waals surface area contributed by atoms with Gasteiger partial charge in [0.1, 0.15) is 11.3 Å². The highest BCUT2D eigenvalue weighted by molar-refractivity contribution is 7.12. The second kappa shape index (κ2) is 8.31. The van der Waals surface area contributed by atoms with Crippen molar-refractivity contribution >= 4 is 40.2 Å². The van der Waals surface area contributed by atoms with E-state index in [1.807, 2.05) is 0 Å². The average Bonchev–Trinajstić information content (AvgIpc) is 3.22. The Morgan fingerprint density at radius 1 is 1.00 bits per heavy atom. The summed E-state index contributed by atoms with van der Waals surface area (Å²) in [6, 6.07) is 13.9. The monoisotopic (exact) mass is 397 g/mol. The molecule has 0 bridgehead atoms. The minimum atomic E-state index is -0.660. The SMILES string of the molecule is COc1ccc([N+](=O)[O-])c(C(=O)Nc2cccc(NC(=O)c3cccs3)c2)c1. The summed E-state index contributed by atoms with van der Waals surface area (Å²) in [5.41, 5.74) is 0.403. The fraction of sp³-hybridized carbons (Fsp3) is 0.0526. The van der Waals surface area contributed by atoms with Gasteiger partial charge < -0.3 is 15.4 Å². The zero-order chi connectivity index (χ0) is 20.1. The standard InChI is InChI=1S/C19H15N3O5S/c1-27-14-7-8-16(22(25)26)15(11-14)18(23)20-12-4-2-5-13(10-12)21-19(24)17-6-3-9-28-17/h2-11H,1H3,(H,20,23)(H,21,24). The quantitative estimate of drug-likeness (QED) is 0.479. The van der Waals surface area contributed by atoms with Crippen LogP contribution in [0, 0.1) is 10.1 Å². The van der Waals surface area contributed by atoms with Crippen molar-refractivity contribution in [1.82, 2.24) is 0 Å². The van der Waals surface area contributed by atoms with Gasteiger partial charge in [0.2, 0.25) is 0 Å². The summed E-state index contributed by atoms with van der Waals surface area (Å²) in [6.07, 6.45) is 0. The molecule has 0 saturated heterocycles. The first-order valence-electron chi connectivity index (χ1n) is 8.06. The van der Waals surface area contributed by atoms with Crippen LogP contribution >= 0.6 is 11.3 Å². The maximum Gasteiger partial charge on any atom is 0.282 e. The number of hydrogen-bond acceptors (Lipinski definition) is 6. The van der Waals surface area contributed by atoms with Crippen LogP contribution in [0.2, 0.25) is 0 Å². The van der Waals surface area contributed by atoms with E-state index in [0.29, 0.717) is 22.0 Å². The van der Waals surface area contributed by atoms with Gasteiger partial charge in [-0.15, -0.1) is 11.3 Å². The smallest absolute Gasteiger partial charge is 0.282 e. The molecule has 0 aliphatic carbocycles. The zero-order valence-electron chi connectivity index (χ0n) is 14.7. The Balaban J connectivity index is 1.80. The normalized spacial score (nSPS) is 10.2. The molecule has 28 heavy (non-hydrogen) atoms. The molecular weight excluding hydrogens is 382 g/mol. The van der Waals surface area contributed by atoms with Crippen molar-refractivity contribution in [3.8, 4) is 5.75 Å². The first-order chi connectivity index (χ1) is 13.5. The van der Waals surface area contributed by atoms with E-state index < -0.39 is 10.8 Å². The summed E-state index contributed by atoms with van der Waals surface area (Å²) in [5.74, 6) is -0.595. The van der Waals surface area contributed by atoms with Crippen LogP contribution in [0.5, 0.6) is 5.75 Å². The van der Waals surface area contributed by atoms with Gasteiger partial charge in [-0.25, -0.2) is 0 Å². The molecule has 0 saturated carbocycles. The number of carbonyl (C=O) groups excluding carboxylic acids is 2. The summed E-state index contributed by atoms with van der Waals surface area (Å²) in [5, 5.41) is 18.3. The van der Waals surface area contributed by atoms with Crippen molar-refractivity contribution in [2.75, 3.05) is 17.7 Å². The second-order valence-electron chi connectivity index (χ2n) is 5.61. The van der Waals surface area contributed by atoms with E-state index in [1.165, 1.54) is 36.6 Å². The highest BCUT2D eigenvalue weighted by Gasteiger charge is 2.21. The molecule has 1 heterocycles. The molecule has 9 heteroatoms. The van der Waals surface area contributed by atoms with E-state index in [2.05, 4.69) is 10.6 Å². The Kier molecular flexibility index (Phi) is 5.66. The fourth-order valence-corrected chi connectivity index (χ4v) is 3.08. The lowest BCUT2D eigenvalue weighted by Gasteiger charge is -2.09. The van der Waals surface area contributed by atoms with Crippen molar-refractivity contribution in [2.45, 2.75) is 0 Å². The molecule has 0 radical (unpaired) electrons. The third-order valence-electron chi connectivity index (χ3n) is 3.77. The largest absolute Gasteiger partial charge is 0.497 e. The predicted molar refractivity (Wildman–Crippen MR) is 106 cm³/mol.